The van der Waals surface area contributed by atoms with E-state index in [1.807, 2.05) is 24.3 Å². The zero-order valence-electron chi connectivity index (χ0n) is 10.2. The predicted octanol–water partition coefficient (Wildman–Crippen LogP) is 4.40. The third-order valence-electron chi connectivity index (χ3n) is 2.75. The summed E-state index contributed by atoms with van der Waals surface area (Å²) in [5, 5.41) is 4.48. The van der Waals surface area contributed by atoms with Crippen LogP contribution < -0.4 is 5.73 Å². The van der Waals surface area contributed by atoms with Crippen LogP contribution in [0.5, 0.6) is 0 Å². The Labute approximate surface area is 128 Å². The fraction of sp³-hybridized carbons (Fsp3) is 0. The minimum atomic E-state index is 0.347. The number of benzene rings is 2. The number of halogens is 2. The summed E-state index contributed by atoms with van der Waals surface area (Å²) in [7, 11) is 0. The van der Waals surface area contributed by atoms with Crippen molar-refractivity contribution in [1.82, 2.24) is 10.1 Å². The molecule has 0 bridgehead atoms. The third kappa shape index (κ3) is 2.55. The highest BCUT2D eigenvalue weighted by Gasteiger charge is 2.13. The Morgan fingerprint density at radius 3 is 2.60 bits per heavy atom. The first-order valence-electron chi connectivity index (χ1n) is 5.78. The molecule has 0 aliphatic carbocycles. The van der Waals surface area contributed by atoms with Crippen LogP contribution in [0.25, 0.3) is 22.8 Å². The molecule has 0 amide bonds. The van der Waals surface area contributed by atoms with Gasteiger partial charge in [-0.25, -0.2) is 0 Å². The van der Waals surface area contributed by atoms with Crippen molar-refractivity contribution in [3.63, 3.8) is 0 Å². The quantitative estimate of drug-likeness (QED) is 0.696. The van der Waals surface area contributed by atoms with Gasteiger partial charge < -0.3 is 10.3 Å². The maximum atomic E-state index is 6.12. The smallest absolute Gasteiger partial charge is 0.259 e. The Kier molecular flexibility index (Phi) is 3.46. The number of hydrogen-bond acceptors (Lipinski definition) is 4. The first kappa shape index (κ1) is 13.1. The van der Waals surface area contributed by atoms with Crippen LogP contribution in [0.4, 0.5) is 5.69 Å². The minimum Gasteiger partial charge on any atom is -0.399 e. The Balaban J connectivity index is 2.01. The lowest BCUT2D eigenvalue weighted by Crippen LogP contribution is -1.87. The van der Waals surface area contributed by atoms with E-state index < -0.39 is 0 Å². The number of aromatic nitrogens is 2. The van der Waals surface area contributed by atoms with E-state index in [4.69, 9.17) is 21.9 Å². The second-order valence-electron chi connectivity index (χ2n) is 4.17. The molecule has 4 nitrogen and oxygen atoms in total. The number of nitrogen functional groups attached to an aromatic ring is 1. The average Bonchev–Trinajstić information content (AvgIpc) is 2.92. The van der Waals surface area contributed by atoms with Crippen molar-refractivity contribution < 1.29 is 4.52 Å². The molecule has 0 radical (unpaired) electrons. The molecule has 0 saturated carbocycles. The van der Waals surface area contributed by atoms with Crippen LogP contribution in [0.3, 0.4) is 0 Å². The molecule has 2 N–H and O–H groups in total. The average molecular weight is 351 g/mol. The first-order chi connectivity index (χ1) is 9.63. The van der Waals surface area contributed by atoms with Crippen molar-refractivity contribution in [2.24, 2.45) is 0 Å². The standard InChI is InChI=1S/C14H9BrClN3O/c15-9-3-1-8(2-4-9)13-18-14(20-19-13)11-7-10(17)5-6-12(11)16/h1-7H,17H2. The fourth-order valence-electron chi connectivity index (χ4n) is 1.76. The highest BCUT2D eigenvalue weighted by molar-refractivity contribution is 9.10. The largest absolute Gasteiger partial charge is 0.399 e. The summed E-state index contributed by atoms with van der Waals surface area (Å²) >= 11 is 9.50. The fourth-order valence-corrected chi connectivity index (χ4v) is 2.22. The number of hydrogen-bond donors (Lipinski definition) is 1. The lowest BCUT2D eigenvalue weighted by molar-refractivity contribution is 0.432. The molecule has 3 rings (SSSR count). The van der Waals surface area contributed by atoms with E-state index in [0.717, 1.165) is 10.0 Å². The predicted molar refractivity (Wildman–Crippen MR) is 82.3 cm³/mol. The van der Waals surface area contributed by atoms with Gasteiger partial charge in [0.25, 0.3) is 5.89 Å². The molecule has 0 unspecified atom stereocenters. The lowest BCUT2D eigenvalue weighted by atomic mass is 10.2. The molecule has 1 heterocycles. The van der Waals surface area contributed by atoms with Gasteiger partial charge in [0.2, 0.25) is 5.82 Å². The van der Waals surface area contributed by atoms with Crippen molar-refractivity contribution in [2.45, 2.75) is 0 Å². The second kappa shape index (κ2) is 5.26. The van der Waals surface area contributed by atoms with Gasteiger partial charge in [-0.3, -0.25) is 0 Å². The summed E-state index contributed by atoms with van der Waals surface area (Å²) in [5.41, 5.74) is 7.83. The maximum Gasteiger partial charge on any atom is 0.259 e. The molecule has 0 aliphatic heterocycles. The van der Waals surface area contributed by atoms with Gasteiger partial charge in [0.1, 0.15) is 0 Å². The maximum absolute atomic E-state index is 6.12. The van der Waals surface area contributed by atoms with Crippen molar-refractivity contribution >= 4 is 33.2 Å². The topological polar surface area (TPSA) is 64.9 Å². The van der Waals surface area contributed by atoms with Gasteiger partial charge in [-0.2, -0.15) is 4.98 Å². The normalized spacial score (nSPS) is 10.7. The zero-order chi connectivity index (χ0) is 14.1. The van der Waals surface area contributed by atoms with Gasteiger partial charge in [0.05, 0.1) is 10.6 Å². The Bertz CT molecular complexity index is 755. The number of nitrogens with two attached hydrogens (primary N) is 1. The van der Waals surface area contributed by atoms with E-state index in [1.165, 1.54) is 0 Å². The van der Waals surface area contributed by atoms with E-state index in [0.29, 0.717) is 28.0 Å². The highest BCUT2D eigenvalue weighted by atomic mass is 79.9. The molecular formula is C14H9BrClN3O. The molecule has 2 aromatic carbocycles. The summed E-state index contributed by atoms with van der Waals surface area (Å²) in [6.07, 6.45) is 0. The molecule has 0 aliphatic rings. The van der Waals surface area contributed by atoms with Gasteiger partial charge >= 0.3 is 0 Å². The molecule has 100 valence electrons. The summed E-state index contributed by atoms with van der Waals surface area (Å²) in [4.78, 5) is 4.35. The molecule has 3 aromatic rings. The molecule has 0 atom stereocenters. The molecule has 0 spiro atoms. The van der Waals surface area contributed by atoms with Crippen LogP contribution in [0.15, 0.2) is 51.5 Å². The van der Waals surface area contributed by atoms with E-state index in [9.17, 15) is 0 Å². The first-order valence-corrected chi connectivity index (χ1v) is 6.95. The summed E-state index contributed by atoms with van der Waals surface area (Å²) < 4.78 is 6.25. The van der Waals surface area contributed by atoms with Crippen LogP contribution in [0.2, 0.25) is 5.02 Å². The van der Waals surface area contributed by atoms with Gasteiger partial charge in [0.15, 0.2) is 0 Å². The van der Waals surface area contributed by atoms with E-state index in [-0.39, 0.29) is 0 Å². The minimum absolute atomic E-state index is 0.347. The second-order valence-corrected chi connectivity index (χ2v) is 5.49. The van der Waals surface area contributed by atoms with Crippen molar-refractivity contribution in [3.05, 3.63) is 52.0 Å². The Morgan fingerprint density at radius 2 is 1.85 bits per heavy atom. The summed E-state index contributed by atoms with van der Waals surface area (Å²) in [6, 6.07) is 12.8. The van der Waals surface area contributed by atoms with Gasteiger partial charge in [0, 0.05) is 15.7 Å². The van der Waals surface area contributed by atoms with Crippen LogP contribution in [0, 0.1) is 0 Å². The Morgan fingerprint density at radius 1 is 1.10 bits per heavy atom. The van der Waals surface area contributed by atoms with Crippen molar-refractivity contribution in [3.8, 4) is 22.8 Å². The molecule has 1 aromatic heterocycles. The van der Waals surface area contributed by atoms with E-state index >= 15 is 0 Å². The molecule has 0 saturated heterocycles. The number of nitrogens with zero attached hydrogens (tertiary/aromatic N) is 2. The highest BCUT2D eigenvalue weighted by Crippen LogP contribution is 2.30. The van der Waals surface area contributed by atoms with Crippen molar-refractivity contribution in [2.75, 3.05) is 5.73 Å². The van der Waals surface area contributed by atoms with Gasteiger partial charge in [-0.05, 0) is 42.5 Å². The molecular weight excluding hydrogens is 342 g/mol. The monoisotopic (exact) mass is 349 g/mol. The van der Waals surface area contributed by atoms with E-state index in [1.54, 1.807) is 18.2 Å². The zero-order valence-corrected chi connectivity index (χ0v) is 12.5. The number of anilines is 1. The van der Waals surface area contributed by atoms with Crippen LogP contribution in [0.1, 0.15) is 0 Å². The summed E-state index contributed by atoms with van der Waals surface area (Å²) in [6.45, 7) is 0. The molecule has 20 heavy (non-hydrogen) atoms. The molecule has 0 fully saturated rings. The van der Waals surface area contributed by atoms with Crippen LogP contribution in [-0.2, 0) is 0 Å². The Hall–Kier alpha value is -1.85. The van der Waals surface area contributed by atoms with Gasteiger partial charge in [-0.15, -0.1) is 0 Å². The van der Waals surface area contributed by atoms with Crippen molar-refractivity contribution in [1.29, 1.82) is 0 Å². The summed E-state index contributed by atoms with van der Waals surface area (Å²) in [5.74, 6) is 0.853. The van der Waals surface area contributed by atoms with Gasteiger partial charge in [-0.1, -0.05) is 32.7 Å². The third-order valence-corrected chi connectivity index (χ3v) is 3.61. The number of rotatable bonds is 2. The lowest BCUT2D eigenvalue weighted by Gasteiger charge is -1.99. The van der Waals surface area contributed by atoms with E-state index in [2.05, 4.69) is 26.1 Å². The van der Waals surface area contributed by atoms with Crippen LogP contribution in [-0.4, -0.2) is 10.1 Å². The SMILES string of the molecule is Nc1ccc(Cl)c(-c2nc(-c3ccc(Br)cc3)no2)c1. The molecule has 6 heteroatoms. The van der Waals surface area contributed by atoms with Crippen LogP contribution >= 0.6 is 27.5 Å².